The second-order valence-corrected chi connectivity index (χ2v) is 9.71. The first-order valence-electron chi connectivity index (χ1n) is 11.4. The summed E-state index contributed by atoms with van der Waals surface area (Å²) in [5.41, 5.74) is 5.54. The normalized spacial score (nSPS) is 15.1. The van der Waals surface area contributed by atoms with E-state index in [0.717, 1.165) is 38.8 Å². The van der Waals surface area contributed by atoms with E-state index in [1.54, 1.807) is 0 Å². The summed E-state index contributed by atoms with van der Waals surface area (Å²) < 4.78 is 12.7. The smallest absolute Gasteiger partial charge is 0.321 e. The highest BCUT2D eigenvalue weighted by Crippen LogP contribution is 2.17. The zero-order chi connectivity index (χ0) is 19.5. The van der Waals surface area contributed by atoms with Gasteiger partial charge >= 0.3 is 9.28 Å². The van der Waals surface area contributed by atoms with Crippen molar-refractivity contribution in [3.05, 3.63) is 0 Å². The monoisotopic (exact) mass is 388 g/mol. The Balaban J connectivity index is 4.33. The third-order valence-electron chi connectivity index (χ3n) is 5.24. The molecule has 0 rings (SSSR count). The van der Waals surface area contributed by atoms with Crippen LogP contribution in [0.1, 0.15) is 85.5 Å². The van der Waals surface area contributed by atoms with Crippen LogP contribution in [0, 0.1) is 11.8 Å². The molecule has 0 aromatic carbocycles. The standard InChI is InChI=1S/C21H48N2O2Si/c1-5-9-12-20(7-3)18-24-26(17-11-15-23-16-14-22)25-19-21(8-4)13-10-6-2/h20-21,23,26H,5-19,22H2,1-4H3. The summed E-state index contributed by atoms with van der Waals surface area (Å²) in [4.78, 5) is 0. The number of rotatable bonds is 20. The van der Waals surface area contributed by atoms with E-state index in [-0.39, 0.29) is 0 Å². The first-order chi connectivity index (χ1) is 12.7. The number of nitrogens with one attached hydrogen (secondary N) is 1. The number of unbranched alkanes of at least 4 members (excludes halogenated alkanes) is 2. The van der Waals surface area contributed by atoms with Crippen LogP contribution in [0.15, 0.2) is 0 Å². The lowest BCUT2D eigenvalue weighted by Gasteiger charge is -2.23. The quantitative estimate of drug-likeness (QED) is 0.236. The van der Waals surface area contributed by atoms with E-state index in [9.17, 15) is 0 Å². The molecule has 26 heavy (non-hydrogen) atoms. The number of hydrogen-bond donors (Lipinski definition) is 2. The summed E-state index contributed by atoms with van der Waals surface area (Å²) in [6, 6.07) is 1.10. The summed E-state index contributed by atoms with van der Waals surface area (Å²) in [5.74, 6) is 1.40. The molecule has 0 radical (unpaired) electrons. The van der Waals surface area contributed by atoms with Gasteiger partial charge in [0, 0.05) is 26.3 Å². The number of nitrogens with two attached hydrogens (primary N) is 1. The van der Waals surface area contributed by atoms with E-state index >= 15 is 0 Å². The predicted molar refractivity (Wildman–Crippen MR) is 117 cm³/mol. The fourth-order valence-corrected chi connectivity index (χ4v) is 5.06. The third-order valence-corrected chi connectivity index (χ3v) is 7.24. The van der Waals surface area contributed by atoms with Crippen LogP contribution >= 0.6 is 0 Å². The van der Waals surface area contributed by atoms with Gasteiger partial charge in [-0.1, -0.05) is 66.2 Å². The van der Waals surface area contributed by atoms with Crippen molar-refractivity contribution in [1.82, 2.24) is 5.32 Å². The van der Waals surface area contributed by atoms with Crippen molar-refractivity contribution in [1.29, 1.82) is 0 Å². The van der Waals surface area contributed by atoms with E-state index in [2.05, 4.69) is 33.0 Å². The Morgan fingerprint density at radius 2 is 1.35 bits per heavy atom. The summed E-state index contributed by atoms with van der Waals surface area (Å²) in [6.07, 6.45) is 11.3. The molecule has 0 aliphatic heterocycles. The molecule has 2 unspecified atom stereocenters. The largest absolute Gasteiger partial charge is 0.396 e. The maximum Gasteiger partial charge on any atom is 0.321 e. The Bertz CT molecular complexity index is 263. The van der Waals surface area contributed by atoms with Gasteiger partial charge in [0.15, 0.2) is 0 Å². The summed E-state index contributed by atoms with van der Waals surface area (Å²) in [5, 5.41) is 3.38. The van der Waals surface area contributed by atoms with Gasteiger partial charge in [-0.2, -0.15) is 0 Å². The van der Waals surface area contributed by atoms with Crippen LogP contribution in [-0.4, -0.2) is 42.1 Å². The molecule has 0 bridgehead atoms. The maximum atomic E-state index is 6.36. The minimum absolute atomic E-state index is 0.700. The van der Waals surface area contributed by atoms with Crippen molar-refractivity contribution in [2.45, 2.75) is 91.5 Å². The van der Waals surface area contributed by atoms with E-state index in [1.165, 1.54) is 51.4 Å². The Morgan fingerprint density at radius 3 is 1.77 bits per heavy atom. The minimum Gasteiger partial charge on any atom is -0.396 e. The van der Waals surface area contributed by atoms with Crippen LogP contribution in [0.4, 0.5) is 0 Å². The topological polar surface area (TPSA) is 56.5 Å². The Hall–Kier alpha value is 0.0569. The fourth-order valence-electron chi connectivity index (χ4n) is 3.12. The lowest BCUT2D eigenvalue weighted by molar-refractivity contribution is 0.140. The SMILES string of the molecule is CCCCC(CC)CO[SiH](CCCNCCN)OCC(CC)CCCC. The van der Waals surface area contributed by atoms with Gasteiger partial charge in [0.25, 0.3) is 0 Å². The summed E-state index contributed by atoms with van der Waals surface area (Å²) >= 11 is 0. The molecule has 0 amide bonds. The maximum absolute atomic E-state index is 6.36. The van der Waals surface area contributed by atoms with Crippen molar-refractivity contribution in [2.75, 3.05) is 32.8 Å². The molecule has 158 valence electrons. The van der Waals surface area contributed by atoms with Gasteiger partial charge in [-0.3, -0.25) is 0 Å². The highest BCUT2D eigenvalue weighted by molar-refractivity contribution is 6.44. The molecule has 4 nitrogen and oxygen atoms in total. The molecule has 0 aromatic heterocycles. The molecule has 5 heteroatoms. The molecular formula is C21H48N2O2Si. The molecule has 0 heterocycles. The van der Waals surface area contributed by atoms with Crippen LogP contribution in [0.2, 0.25) is 6.04 Å². The second kappa shape index (κ2) is 19.8. The average Bonchev–Trinajstić information content (AvgIpc) is 2.67. The Labute approximate surface area is 165 Å². The molecule has 0 aliphatic rings. The summed E-state index contributed by atoms with van der Waals surface area (Å²) in [7, 11) is -1.56. The highest BCUT2D eigenvalue weighted by atomic mass is 28.3. The first-order valence-corrected chi connectivity index (χ1v) is 13.1. The fraction of sp³-hybridized carbons (Fsp3) is 1.00. The predicted octanol–water partition coefficient (Wildman–Crippen LogP) is 4.61. The molecular weight excluding hydrogens is 340 g/mol. The number of hydrogen-bond acceptors (Lipinski definition) is 4. The molecule has 0 saturated heterocycles. The van der Waals surface area contributed by atoms with E-state index in [0.29, 0.717) is 18.4 Å². The van der Waals surface area contributed by atoms with Gasteiger partial charge in [-0.15, -0.1) is 0 Å². The van der Waals surface area contributed by atoms with Crippen molar-refractivity contribution >= 4 is 9.28 Å². The van der Waals surface area contributed by atoms with Gasteiger partial charge in [-0.05, 0) is 43.7 Å². The van der Waals surface area contributed by atoms with Gasteiger partial charge in [0.1, 0.15) is 0 Å². The van der Waals surface area contributed by atoms with Crippen LogP contribution in [-0.2, 0) is 8.85 Å². The molecule has 0 saturated carbocycles. The highest BCUT2D eigenvalue weighted by Gasteiger charge is 2.18. The lowest BCUT2D eigenvalue weighted by atomic mass is 10.0. The molecule has 0 aliphatic carbocycles. The van der Waals surface area contributed by atoms with E-state index < -0.39 is 9.28 Å². The van der Waals surface area contributed by atoms with Crippen LogP contribution in [0.25, 0.3) is 0 Å². The Morgan fingerprint density at radius 1 is 0.808 bits per heavy atom. The lowest BCUT2D eigenvalue weighted by Crippen LogP contribution is -2.30. The zero-order valence-electron chi connectivity index (χ0n) is 18.2. The van der Waals surface area contributed by atoms with Gasteiger partial charge in [0.2, 0.25) is 0 Å². The van der Waals surface area contributed by atoms with E-state index in [4.69, 9.17) is 14.6 Å². The van der Waals surface area contributed by atoms with Gasteiger partial charge < -0.3 is 19.9 Å². The molecule has 0 spiro atoms. The van der Waals surface area contributed by atoms with Crippen LogP contribution in [0.3, 0.4) is 0 Å². The molecule has 0 aromatic rings. The summed E-state index contributed by atoms with van der Waals surface area (Å²) in [6.45, 7) is 13.5. The van der Waals surface area contributed by atoms with Crippen molar-refractivity contribution in [3.8, 4) is 0 Å². The zero-order valence-corrected chi connectivity index (χ0v) is 19.4. The van der Waals surface area contributed by atoms with Crippen LogP contribution in [0.5, 0.6) is 0 Å². The second-order valence-electron chi connectivity index (χ2n) is 7.61. The van der Waals surface area contributed by atoms with E-state index in [1.807, 2.05) is 0 Å². The molecule has 2 atom stereocenters. The Kier molecular flexibility index (Phi) is 19.9. The third kappa shape index (κ3) is 15.1. The van der Waals surface area contributed by atoms with Crippen molar-refractivity contribution < 1.29 is 8.85 Å². The minimum atomic E-state index is -1.56. The molecule has 3 N–H and O–H groups in total. The van der Waals surface area contributed by atoms with Gasteiger partial charge in [0.05, 0.1) is 0 Å². The van der Waals surface area contributed by atoms with Crippen molar-refractivity contribution in [3.63, 3.8) is 0 Å². The van der Waals surface area contributed by atoms with Gasteiger partial charge in [-0.25, -0.2) is 0 Å². The molecule has 0 fully saturated rings. The van der Waals surface area contributed by atoms with Crippen molar-refractivity contribution in [2.24, 2.45) is 17.6 Å². The average molecular weight is 389 g/mol. The van der Waals surface area contributed by atoms with Crippen LogP contribution < -0.4 is 11.1 Å². The first kappa shape index (κ1) is 26.1.